The molecule has 20 heavy (non-hydrogen) atoms. The van der Waals surface area contributed by atoms with Crippen molar-refractivity contribution in [2.45, 2.75) is 6.92 Å². The fraction of sp³-hybridized carbons (Fsp3) is 0.0667. The van der Waals surface area contributed by atoms with Crippen molar-refractivity contribution in [3.8, 4) is 5.75 Å². The number of esters is 1. The molecule has 0 N–H and O–H groups in total. The molecule has 102 valence electrons. The lowest BCUT2D eigenvalue weighted by molar-refractivity contribution is 0.0728. The van der Waals surface area contributed by atoms with Gasteiger partial charge in [0, 0.05) is 0 Å². The molecule has 0 unspecified atom stereocenters. The summed E-state index contributed by atoms with van der Waals surface area (Å²) in [5.74, 6) is -1.90. The number of carbonyl (C=O) groups excluding carboxylic acids is 2. The fourth-order valence-electron chi connectivity index (χ4n) is 1.69. The molecule has 0 aliphatic rings. The molecule has 5 heteroatoms. The molecule has 0 saturated carbocycles. The van der Waals surface area contributed by atoms with Crippen LogP contribution in [-0.4, -0.2) is 11.8 Å². The van der Waals surface area contributed by atoms with Crippen molar-refractivity contribution in [3.63, 3.8) is 0 Å². The Hall–Kier alpha value is -2.20. The lowest BCUT2D eigenvalue weighted by atomic mass is 10.1. The molecular weight excluding hydrogens is 283 g/mol. The van der Waals surface area contributed by atoms with Crippen LogP contribution in [0.25, 0.3) is 0 Å². The maximum atomic E-state index is 13.6. The van der Waals surface area contributed by atoms with Gasteiger partial charge in [-0.25, -0.2) is 9.18 Å². The first-order valence-corrected chi connectivity index (χ1v) is 6.14. The largest absolute Gasteiger partial charge is 0.422 e. The summed E-state index contributed by atoms with van der Waals surface area (Å²) in [5, 5.41) is -0.0460. The minimum absolute atomic E-state index is 0.0460. The van der Waals surface area contributed by atoms with E-state index >= 15 is 0 Å². The summed E-state index contributed by atoms with van der Waals surface area (Å²) in [5.41, 5.74) is -0.110. The Morgan fingerprint density at radius 2 is 1.80 bits per heavy atom. The van der Waals surface area contributed by atoms with Crippen molar-refractivity contribution < 1.29 is 18.7 Å². The molecule has 3 nitrogen and oxygen atoms in total. The molecule has 0 aliphatic carbocycles. The van der Waals surface area contributed by atoms with Gasteiger partial charge in [0.25, 0.3) is 0 Å². The Morgan fingerprint density at radius 3 is 2.45 bits per heavy atom. The molecule has 0 heterocycles. The van der Waals surface area contributed by atoms with Crippen LogP contribution in [0.3, 0.4) is 0 Å². The molecule has 0 radical (unpaired) electrons. The fourth-order valence-corrected chi connectivity index (χ4v) is 1.93. The van der Waals surface area contributed by atoms with Gasteiger partial charge in [0.15, 0.2) is 5.78 Å². The van der Waals surface area contributed by atoms with E-state index in [0.29, 0.717) is 0 Å². The average molecular weight is 293 g/mol. The van der Waals surface area contributed by atoms with E-state index in [2.05, 4.69) is 0 Å². The third-order valence-corrected chi connectivity index (χ3v) is 2.95. The van der Waals surface area contributed by atoms with Crippen LogP contribution in [0.4, 0.5) is 4.39 Å². The monoisotopic (exact) mass is 292 g/mol. The van der Waals surface area contributed by atoms with Crippen molar-refractivity contribution in [1.29, 1.82) is 0 Å². The molecular formula is C15H10ClFO3. The number of hydrogen-bond acceptors (Lipinski definition) is 3. The van der Waals surface area contributed by atoms with Gasteiger partial charge in [-0.05, 0) is 31.2 Å². The van der Waals surface area contributed by atoms with Crippen molar-refractivity contribution >= 4 is 23.4 Å². The highest BCUT2D eigenvalue weighted by molar-refractivity contribution is 6.33. The van der Waals surface area contributed by atoms with Crippen molar-refractivity contribution in [1.82, 2.24) is 0 Å². The van der Waals surface area contributed by atoms with Gasteiger partial charge >= 0.3 is 5.97 Å². The van der Waals surface area contributed by atoms with Gasteiger partial charge in [0.2, 0.25) is 0 Å². The van der Waals surface area contributed by atoms with Gasteiger partial charge < -0.3 is 4.74 Å². The van der Waals surface area contributed by atoms with Crippen LogP contribution >= 0.6 is 11.6 Å². The highest BCUT2D eigenvalue weighted by Crippen LogP contribution is 2.24. The summed E-state index contributed by atoms with van der Waals surface area (Å²) in [7, 11) is 0. The molecule has 0 bridgehead atoms. The van der Waals surface area contributed by atoms with E-state index in [1.807, 2.05) is 0 Å². The lowest BCUT2D eigenvalue weighted by Crippen LogP contribution is -2.13. The molecule has 0 spiro atoms. The van der Waals surface area contributed by atoms with Gasteiger partial charge in [0.05, 0.1) is 10.6 Å². The number of rotatable bonds is 3. The summed E-state index contributed by atoms with van der Waals surface area (Å²) in [6, 6.07) is 10.1. The Labute approximate surface area is 119 Å². The molecule has 0 amide bonds. The number of ether oxygens (including phenoxy) is 1. The van der Waals surface area contributed by atoms with Gasteiger partial charge in [0.1, 0.15) is 17.1 Å². The summed E-state index contributed by atoms with van der Waals surface area (Å²) in [6.45, 7) is 1.35. The minimum Gasteiger partial charge on any atom is -0.422 e. The van der Waals surface area contributed by atoms with Gasteiger partial charge in [-0.2, -0.15) is 0 Å². The number of halogens is 2. The maximum Gasteiger partial charge on any atom is 0.348 e. The molecule has 0 atom stereocenters. The number of benzene rings is 2. The quantitative estimate of drug-likeness (QED) is 0.489. The third-order valence-electron chi connectivity index (χ3n) is 2.64. The Balaban J connectivity index is 2.36. The van der Waals surface area contributed by atoms with Crippen LogP contribution in [0.1, 0.15) is 27.6 Å². The van der Waals surface area contributed by atoms with Crippen molar-refractivity contribution in [2.24, 2.45) is 0 Å². The van der Waals surface area contributed by atoms with E-state index < -0.39 is 11.8 Å². The third kappa shape index (κ3) is 2.86. The van der Waals surface area contributed by atoms with Crippen LogP contribution in [0.5, 0.6) is 5.75 Å². The first-order chi connectivity index (χ1) is 9.50. The molecule has 0 aromatic heterocycles. The van der Waals surface area contributed by atoms with Crippen LogP contribution in [0, 0.1) is 5.82 Å². The second-order valence-corrected chi connectivity index (χ2v) is 4.45. The van der Waals surface area contributed by atoms with Crippen LogP contribution < -0.4 is 4.74 Å². The number of para-hydroxylation sites is 1. The zero-order chi connectivity index (χ0) is 14.7. The van der Waals surface area contributed by atoms with E-state index in [1.165, 1.54) is 31.2 Å². The van der Waals surface area contributed by atoms with Gasteiger partial charge in [-0.1, -0.05) is 29.8 Å². The van der Waals surface area contributed by atoms with E-state index in [9.17, 15) is 14.0 Å². The summed E-state index contributed by atoms with van der Waals surface area (Å²) in [4.78, 5) is 23.4. The van der Waals surface area contributed by atoms with Crippen LogP contribution in [-0.2, 0) is 0 Å². The van der Waals surface area contributed by atoms with Crippen LogP contribution in [0.15, 0.2) is 42.5 Å². The van der Waals surface area contributed by atoms with E-state index in [1.54, 1.807) is 12.1 Å². The summed E-state index contributed by atoms with van der Waals surface area (Å²) in [6.07, 6.45) is 0. The number of hydrogen-bond donors (Lipinski definition) is 0. The standard InChI is InChI=1S/C15H10ClFO3/c1-9(18)10-5-2-3-8-13(10)20-15(19)14-11(16)6-4-7-12(14)17/h2-8H,1H3. The second-order valence-electron chi connectivity index (χ2n) is 4.04. The topological polar surface area (TPSA) is 43.4 Å². The first kappa shape index (κ1) is 14.2. The molecule has 2 aromatic rings. The smallest absolute Gasteiger partial charge is 0.348 e. The number of ketones is 1. The van der Waals surface area contributed by atoms with Crippen LogP contribution in [0.2, 0.25) is 5.02 Å². The highest BCUT2D eigenvalue weighted by atomic mass is 35.5. The van der Waals surface area contributed by atoms with E-state index in [-0.39, 0.29) is 27.7 Å². The Morgan fingerprint density at radius 1 is 1.10 bits per heavy atom. The maximum absolute atomic E-state index is 13.6. The summed E-state index contributed by atoms with van der Waals surface area (Å²) >= 11 is 5.79. The lowest BCUT2D eigenvalue weighted by Gasteiger charge is -2.09. The molecule has 0 saturated heterocycles. The van der Waals surface area contributed by atoms with Gasteiger partial charge in [-0.15, -0.1) is 0 Å². The second kappa shape index (κ2) is 5.84. The predicted octanol–water partition coefficient (Wildman–Crippen LogP) is 3.90. The average Bonchev–Trinajstić information content (AvgIpc) is 2.38. The number of carbonyl (C=O) groups is 2. The van der Waals surface area contributed by atoms with Gasteiger partial charge in [-0.3, -0.25) is 4.79 Å². The van der Waals surface area contributed by atoms with Crippen molar-refractivity contribution in [2.75, 3.05) is 0 Å². The minimum atomic E-state index is -0.943. The Bertz CT molecular complexity index is 662. The summed E-state index contributed by atoms with van der Waals surface area (Å²) < 4.78 is 18.7. The molecule has 0 aliphatic heterocycles. The number of Topliss-reactive ketones (excluding diaryl/α,β-unsaturated/α-hetero) is 1. The first-order valence-electron chi connectivity index (χ1n) is 5.77. The Kier molecular flexibility index (Phi) is 4.15. The molecule has 2 aromatic carbocycles. The zero-order valence-electron chi connectivity index (χ0n) is 10.5. The normalized spacial score (nSPS) is 10.2. The zero-order valence-corrected chi connectivity index (χ0v) is 11.3. The van der Waals surface area contributed by atoms with E-state index in [0.717, 1.165) is 6.07 Å². The highest BCUT2D eigenvalue weighted by Gasteiger charge is 2.19. The predicted molar refractivity (Wildman–Crippen MR) is 72.8 cm³/mol. The molecule has 0 fully saturated rings. The van der Waals surface area contributed by atoms with E-state index in [4.69, 9.17) is 16.3 Å². The van der Waals surface area contributed by atoms with Crippen molar-refractivity contribution in [3.05, 3.63) is 64.4 Å². The SMILES string of the molecule is CC(=O)c1ccccc1OC(=O)c1c(F)cccc1Cl. The molecule has 2 rings (SSSR count).